The number of fused-ring (bicyclic) bond motifs is 1. The van der Waals surface area contributed by atoms with Crippen LogP contribution in [0.3, 0.4) is 0 Å². The molecule has 1 aliphatic heterocycles. The second-order valence-electron chi connectivity index (χ2n) is 5.39. The largest absolute Gasteiger partial charge is 0.351 e. The minimum atomic E-state index is -0.277. The van der Waals surface area contributed by atoms with E-state index >= 15 is 0 Å². The van der Waals surface area contributed by atoms with Gasteiger partial charge in [0.1, 0.15) is 11.4 Å². The van der Waals surface area contributed by atoms with Gasteiger partial charge in [-0.15, -0.1) is 11.3 Å². The normalized spacial score (nSPS) is 18.7. The molecule has 2 amide bonds. The monoisotopic (exact) mass is 320 g/mol. The van der Waals surface area contributed by atoms with Crippen molar-refractivity contribution in [2.45, 2.75) is 25.4 Å². The van der Waals surface area contributed by atoms with E-state index in [4.69, 9.17) is 0 Å². The predicted octanol–water partition coefficient (Wildman–Crippen LogP) is 0.195. The first-order valence-electron chi connectivity index (χ1n) is 7.00. The number of piperidine rings is 1. The Balaban J connectivity index is 1.67. The van der Waals surface area contributed by atoms with Crippen LogP contribution in [-0.2, 0) is 16.1 Å². The summed E-state index contributed by atoms with van der Waals surface area (Å²) in [6.07, 6.45) is 2.42. The van der Waals surface area contributed by atoms with Crippen LogP contribution in [0, 0.1) is 0 Å². The standard InChI is InChI=1S/C14H16N4O3S/c1-17-4-2-9(6-12(17)20)16-11(19)7-18-8-15-13-10(14(18)21)3-5-22-13/h3,5,8-9H,2,4,6-7H2,1H3,(H,16,19). The molecule has 2 aromatic rings. The number of carbonyl (C=O) groups excluding carboxylic acids is 2. The van der Waals surface area contributed by atoms with Crippen LogP contribution in [0.25, 0.3) is 10.2 Å². The minimum Gasteiger partial charge on any atom is -0.351 e. The molecule has 3 heterocycles. The maximum Gasteiger partial charge on any atom is 0.262 e. The maximum atomic E-state index is 12.2. The number of amides is 2. The Morgan fingerprint density at radius 3 is 3.09 bits per heavy atom. The summed E-state index contributed by atoms with van der Waals surface area (Å²) in [7, 11) is 1.75. The van der Waals surface area contributed by atoms with Crippen molar-refractivity contribution in [3.05, 3.63) is 28.1 Å². The fourth-order valence-corrected chi connectivity index (χ4v) is 3.22. The van der Waals surface area contributed by atoms with Gasteiger partial charge in [0.25, 0.3) is 5.56 Å². The van der Waals surface area contributed by atoms with Crippen LogP contribution in [0.1, 0.15) is 12.8 Å². The molecule has 0 aromatic carbocycles. The number of nitrogens with zero attached hydrogens (tertiary/aromatic N) is 3. The zero-order chi connectivity index (χ0) is 15.7. The molecule has 7 nitrogen and oxygen atoms in total. The first-order chi connectivity index (χ1) is 10.5. The van der Waals surface area contributed by atoms with E-state index < -0.39 is 0 Å². The zero-order valence-corrected chi connectivity index (χ0v) is 12.9. The van der Waals surface area contributed by atoms with E-state index in [2.05, 4.69) is 10.3 Å². The number of nitrogens with one attached hydrogen (secondary N) is 1. The highest BCUT2D eigenvalue weighted by Crippen LogP contribution is 2.13. The lowest BCUT2D eigenvalue weighted by molar-refractivity contribution is -0.133. The third-order valence-electron chi connectivity index (χ3n) is 3.79. The van der Waals surface area contributed by atoms with E-state index in [1.54, 1.807) is 23.4 Å². The summed E-state index contributed by atoms with van der Waals surface area (Å²) in [6.45, 7) is 0.546. The predicted molar refractivity (Wildman–Crippen MR) is 82.7 cm³/mol. The highest BCUT2D eigenvalue weighted by atomic mass is 32.1. The molecule has 0 spiro atoms. The van der Waals surface area contributed by atoms with Gasteiger partial charge in [-0.05, 0) is 17.9 Å². The first-order valence-corrected chi connectivity index (χ1v) is 7.88. The molecule has 1 atom stereocenters. The van der Waals surface area contributed by atoms with E-state index in [1.165, 1.54) is 22.2 Å². The molecule has 22 heavy (non-hydrogen) atoms. The van der Waals surface area contributed by atoms with Gasteiger partial charge < -0.3 is 10.2 Å². The first kappa shape index (κ1) is 14.7. The topological polar surface area (TPSA) is 84.3 Å². The van der Waals surface area contributed by atoms with Crippen LogP contribution in [-0.4, -0.2) is 45.9 Å². The van der Waals surface area contributed by atoms with Crippen molar-refractivity contribution >= 4 is 33.4 Å². The molecule has 116 valence electrons. The number of hydrogen-bond donors (Lipinski definition) is 1. The third kappa shape index (κ3) is 2.87. The van der Waals surface area contributed by atoms with Gasteiger partial charge in [-0.1, -0.05) is 0 Å². The summed E-state index contributed by atoms with van der Waals surface area (Å²) in [6, 6.07) is 1.55. The fourth-order valence-electron chi connectivity index (χ4n) is 2.50. The van der Waals surface area contributed by atoms with E-state index in [-0.39, 0.29) is 30.0 Å². The lowest BCUT2D eigenvalue weighted by Crippen LogP contribution is -2.47. The van der Waals surface area contributed by atoms with E-state index in [9.17, 15) is 14.4 Å². The van der Waals surface area contributed by atoms with Gasteiger partial charge in [0.2, 0.25) is 11.8 Å². The Morgan fingerprint density at radius 1 is 1.50 bits per heavy atom. The van der Waals surface area contributed by atoms with Crippen molar-refractivity contribution in [1.82, 2.24) is 19.8 Å². The Kier molecular flexibility index (Phi) is 3.93. The second-order valence-corrected chi connectivity index (χ2v) is 6.28. The van der Waals surface area contributed by atoms with Crippen molar-refractivity contribution in [3.8, 4) is 0 Å². The Morgan fingerprint density at radius 2 is 2.32 bits per heavy atom. The SMILES string of the molecule is CN1CCC(NC(=O)Cn2cnc3sccc3c2=O)CC1=O. The summed E-state index contributed by atoms with van der Waals surface area (Å²) in [4.78, 5) is 42.4. The molecule has 8 heteroatoms. The summed E-state index contributed by atoms with van der Waals surface area (Å²) in [5.74, 6) is -0.254. The van der Waals surface area contributed by atoms with Gasteiger partial charge >= 0.3 is 0 Å². The Hall–Kier alpha value is -2.22. The van der Waals surface area contributed by atoms with Gasteiger partial charge in [0, 0.05) is 26.1 Å². The van der Waals surface area contributed by atoms with Gasteiger partial charge in [-0.25, -0.2) is 4.98 Å². The molecule has 3 rings (SSSR count). The van der Waals surface area contributed by atoms with Crippen molar-refractivity contribution in [2.75, 3.05) is 13.6 Å². The van der Waals surface area contributed by atoms with Gasteiger partial charge in [-0.2, -0.15) is 0 Å². The van der Waals surface area contributed by atoms with Crippen LogP contribution in [0.5, 0.6) is 0 Å². The average molecular weight is 320 g/mol. The molecule has 0 saturated carbocycles. The van der Waals surface area contributed by atoms with Gasteiger partial charge in [0.15, 0.2) is 0 Å². The smallest absolute Gasteiger partial charge is 0.262 e. The Labute approximate surface area is 130 Å². The molecule has 1 unspecified atom stereocenters. The van der Waals surface area contributed by atoms with Gasteiger partial charge in [-0.3, -0.25) is 19.0 Å². The average Bonchev–Trinajstić information content (AvgIpc) is 2.95. The molecular formula is C14H16N4O3S. The lowest BCUT2D eigenvalue weighted by atomic mass is 10.1. The summed E-state index contributed by atoms with van der Waals surface area (Å²) in [5, 5.41) is 5.14. The number of thiophene rings is 1. The summed E-state index contributed by atoms with van der Waals surface area (Å²) in [5.41, 5.74) is -0.221. The molecule has 1 saturated heterocycles. The van der Waals surface area contributed by atoms with Crippen LogP contribution in [0.2, 0.25) is 0 Å². The molecule has 0 radical (unpaired) electrons. The number of hydrogen-bond acceptors (Lipinski definition) is 5. The second kappa shape index (κ2) is 5.88. The van der Waals surface area contributed by atoms with Crippen LogP contribution in [0.15, 0.2) is 22.6 Å². The number of aromatic nitrogens is 2. The highest BCUT2D eigenvalue weighted by Gasteiger charge is 2.24. The Bertz CT molecular complexity index is 782. The molecule has 0 bridgehead atoms. The minimum absolute atomic E-state index is 0.0232. The number of rotatable bonds is 3. The molecule has 1 N–H and O–H groups in total. The van der Waals surface area contributed by atoms with E-state index in [0.717, 1.165) is 6.42 Å². The van der Waals surface area contributed by atoms with Crippen molar-refractivity contribution < 1.29 is 9.59 Å². The van der Waals surface area contributed by atoms with Crippen LogP contribution >= 0.6 is 11.3 Å². The van der Waals surface area contributed by atoms with Crippen LogP contribution < -0.4 is 10.9 Å². The molecular weight excluding hydrogens is 304 g/mol. The van der Waals surface area contributed by atoms with Crippen LogP contribution in [0.4, 0.5) is 0 Å². The third-order valence-corrected chi connectivity index (χ3v) is 4.61. The number of carbonyl (C=O) groups is 2. The summed E-state index contributed by atoms with van der Waals surface area (Å²) < 4.78 is 1.29. The molecule has 2 aromatic heterocycles. The number of likely N-dealkylation sites (tertiary alicyclic amines) is 1. The van der Waals surface area contributed by atoms with Crippen molar-refractivity contribution in [2.24, 2.45) is 0 Å². The fraction of sp³-hybridized carbons (Fsp3) is 0.429. The van der Waals surface area contributed by atoms with Gasteiger partial charge in [0.05, 0.1) is 11.7 Å². The lowest BCUT2D eigenvalue weighted by Gasteiger charge is -2.29. The van der Waals surface area contributed by atoms with E-state index in [1.807, 2.05) is 0 Å². The maximum absolute atomic E-state index is 12.2. The highest BCUT2D eigenvalue weighted by molar-refractivity contribution is 7.16. The van der Waals surface area contributed by atoms with E-state index in [0.29, 0.717) is 23.2 Å². The van der Waals surface area contributed by atoms with Crippen molar-refractivity contribution in [3.63, 3.8) is 0 Å². The quantitative estimate of drug-likeness (QED) is 0.875. The van der Waals surface area contributed by atoms with Crippen molar-refractivity contribution in [1.29, 1.82) is 0 Å². The molecule has 0 aliphatic carbocycles. The zero-order valence-electron chi connectivity index (χ0n) is 12.1. The molecule has 1 aliphatic rings. The molecule has 1 fully saturated rings. The summed E-state index contributed by atoms with van der Waals surface area (Å²) >= 11 is 1.39.